The smallest absolute Gasteiger partial charge is 0.362 e. The first kappa shape index (κ1) is 11.7. The lowest BCUT2D eigenvalue weighted by atomic mass is 10.4. The number of nitrogens with zero attached hydrogens (tertiary/aromatic N) is 1. The summed E-state index contributed by atoms with van der Waals surface area (Å²) in [5.74, 6) is -0.995. The van der Waals surface area contributed by atoms with Crippen LogP contribution in [0.3, 0.4) is 0 Å². The topological polar surface area (TPSA) is 87.8 Å². The summed E-state index contributed by atoms with van der Waals surface area (Å²) in [7, 11) is -4.53. The summed E-state index contributed by atoms with van der Waals surface area (Å²) in [6, 6.07) is 2.79. The fourth-order valence-electron chi connectivity index (χ4n) is 1.05. The minimum atomic E-state index is -4.53. The zero-order chi connectivity index (χ0) is 11.5. The minimum absolute atomic E-state index is 0.0850. The van der Waals surface area contributed by atoms with Gasteiger partial charge in [0.25, 0.3) is 0 Å². The molecule has 0 aromatic carbocycles. The molecule has 1 heterocycles. The van der Waals surface area contributed by atoms with Crippen LogP contribution in [0.25, 0.3) is 0 Å². The van der Waals surface area contributed by atoms with E-state index < -0.39 is 16.2 Å². The third-order valence-corrected chi connectivity index (χ3v) is 2.57. The molecule has 1 aromatic heterocycles. The summed E-state index contributed by atoms with van der Waals surface area (Å²) in [6.07, 6.45) is 1.66. The molecule has 0 aliphatic carbocycles. The first-order chi connectivity index (χ1) is 6.96. The van der Waals surface area contributed by atoms with E-state index >= 15 is 0 Å². The molecule has 0 saturated carbocycles. The Hall–Kier alpha value is -1.34. The molecule has 1 N–H and O–H groups in total. The molecular formula is C8H11NO5S. The molecule has 1 aromatic rings. The van der Waals surface area contributed by atoms with Gasteiger partial charge < -0.3 is 4.42 Å². The Morgan fingerprint density at radius 2 is 2.27 bits per heavy atom. The molecule has 0 bridgehead atoms. The van der Waals surface area contributed by atoms with Crippen LogP contribution in [0.4, 0.5) is 0 Å². The lowest BCUT2D eigenvalue weighted by Crippen LogP contribution is -2.36. The molecule has 0 spiro atoms. The Labute approximate surface area is 87.4 Å². The van der Waals surface area contributed by atoms with Crippen molar-refractivity contribution in [1.82, 2.24) is 4.31 Å². The van der Waals surface area contributed by atoms with Crippen LogP contribution in [0, 0.1) is 0 Å². The molecule has 6 nitrogen and oxygen atoms in total. The Morgan fingerprint density at radius 3 is 2.67 bits per heavy atom. The Morgan fingerprint density at radius 1 is 1.60 bits per heavy atom. The normalized spacial score (nSPS) is 11.3. The summed E-state index contributed by atoms with van der Waals surface area (Å²) in [5.41, 5.74) is 0. The van der Waals surface area contributed by atoms with Gasteiger partial charge in [0.05, 0.1) is 6.26 Å². The highest BCUT2D eigenvalue weighted by Crippen LogP contribution is 2.09. The van der Waals surface area contributed by atoms with Crippen molar-refractivity contribution in [2.45, 2.75) is 13.3 Å². The van der Waals surface area contributed by atoms with E-state index in [1.165, 1.54) is 18.4 Å². The van der Waals surface area contributed by atoms with Crippen molar-refractivity contribution in [3.8, 4) is 0 Å². The number of rotatable bonds is 4. The maximum Gasteiger partial charge on any atom is 0.362 e. The largest absolute Gasteiger partial charge is 0.459 e. The molecule has 15 heavy (non-hydrogen) atoms. The quantitative estimate of drug-likeness (QED) is 0.782. The SMILES string of the molecule is CCCN(C(=O)c1ccco1)S(=O)(=O)O. The number of furan rings is 1. The number of amides is 1. The van der Waals surface area contributed by atoms with Gasteiger partial charge >= 0.3 is 16.2 Å². The van der Waals surface area contributed by atoms with Gasteiger partial charge in [-0.15, -0.1) is 0 Å². The van der Waals surface area contributed by atoms with E-state index in [0.717, 1.165) is 0 Å². The molecule has 0 saturated heterocycles. The Bertz CT molecular complexity index is 422. The second-order valence-corrected chi connectivity index (χ2v) is 4.17. The van der Waals surface area contributed by atoms with E-state index in [4.69, 9.17) is 8.97 Å². The van der Waals surface area contributed by atoms with Crippen molar-refractivity contribution in [2.24, 2.45) is 0 Å². The van der Waals surface area contributed by atoms with Crippen LogP contribution in [0.1, 0.15) is 23.9 Å². The van der Waals surface area contributed by atoms with Crippen molar-refractivity contribution < 1.29 is 22.2 Å². The molecule has 1 rings (SSSR count). The van der Waals surface area contributed by atoms with Gasteiger partial charge in [0.15, 0.2) is 5.76 Å². The van der Waals surface area contributed by atoms with Gasteiger partial charge in [-0.3, -0.25) is 9.35 Å². The Balaban J connectivity index is 2.96. The minimum Gasteiger partial charge on any atom is -0.459 e. The van der Waals surface area contributed by atoms with E-state index in [-0.39, 0.29) is 12.3 Å². The van der Waals surface area contributed by atoms with Gasteiger partial charge in [-0.25, -0.2) is 4.31 Å². The monoisotopic (exact) mass is 233 g/mol. The highest BCUT2D eigenvalue weighted by atomic mass is 32.2. The molecule has 0 fully saturated rings. The van der Waals surface area contributed by atoms with Crippen molar-refractivity contribution in [2.75, 3.05) is 6.54 Å². The highest BCUT2D eigenvalue weighted by molar-refractivity contribution is 7.84. The van der Waals surface area contributed by atoms with Crippen LogP contribution >= 0.6 is 0 Å². The highest BCUT2D eigenvalue weighted by Gasteiger charge is 2.27. The van der Waals surface area contributed by atoms with E-state index in [2.05, 4.69) is 0 Å². The molecule has 84 valence electrons. The lowest BCUT2D eigenvalue weighted by molar-refractivity contribution is 0.0821. The van der Waals surface area contributed by atoms with Crippen LogP contribution in [0.15, 0.2) is 22.8 Å². The third kappa shape index (κ3) is 2.80. The van der Waals surface area contributed by atoms with Crippen molar-refractivity contribution in [3.63, 3.8) is 0 Å². The predicted octanol–water partition coefficient (Wildman–Crippen LogP) is 0.935. The molecule has 0 aliphatic heterocycles. The van der Waals surface area contributed by atoms with Crippen molar-refractivity contribution in [3.05, 3.63) is 24.2 Å². The van der Waals surface area contributed by atoms with Crippen LogP contribution in [0.5, 0.6) is 0 Å². The number of hydrogen-bond acceptors (Lipinski definition) is 4. The number of hydrogen-bond donors (Lipinski definition) is 1. The Kier molecular flexibility index (Phi) is 3.48. The number of carbonyl (C=O) groups excluding carboxylic acids is 1. The third-order valence-electron chi connectivity index (χ3n) is 1.66. The lowest BCUT2D eigenvalue weighted by Gasteiger charge is -2.16. The predicted molar refractivity (Wildman–Crippen MR) is 51.6 cm³/mol. The molecule has 0 atom stereocenters. The van der Waals surface area contributed by atoms with Gasteiger partial charge in [-0.2, -0.15) is 8.42 Å². The second kappa shape index (κ2) is 4.45. The zero-order valence-corrected chi connectivity index (χ0v) is 8.90. The fraction of sp³-hybridized carbons (Fsp3) is 0.375. The van der Waals surface area contributed by atoms with Gasteiger partial charge in [-0.05, 0) is 18.6 Å². The van der Waals surface area contributed by atoms with Crippen molar-refractivity contribution in [1.29, 1.82) is 0 Å². The zero-order valence-electron chi connectivity index (χ0n) is 8.08. The standard InChI is InChI=1S/C8H11NO5S/c1-2-5-9(15(11,12)13)8(10)7-4-3-6-14-7/h3-4,6H,2,5H2,1H3,(H,11,12,13). The fourth-order valence-corrected chi connectivity index (χ4v) is 1.76. The van der Waals surface area contributed by atoms with Gasteiger partial charge in [0.2, 0.25) is 0 Å². The summed E-state index contributed by atoms with van der Waals surface area (Å²) >= 11 is 0. The van der Waals surface area contributed by atoms with Crippen LogP contribution < -0.4 is 0 Å². The summed E-state index contributed by atoms with van der Waals surface area (Å²) in [4.78, 5) is 11.5. The molecule has 0 unspecified atom stereocenters. The van der Waals surface area contributed by atoms with Crippen LogP contribution in [0.2, 0.25) is 0 Å². The average Bonchev–Trinajstić information content (AvgIpc) is 2.63. The van der Waals surface area contributed by atoms with Crippen molar-refractivity contribution >= 4 is 16.2 Å². The number of carbonyl (C=O) groups is 1. The molecule has 1 amide bonds. The van der Waals surface area contributed by atoms with E-state index in [9.17, 15) is 13.2 Å². The van der Waals surface area contributed by atoms with Gasteiger partial charge in [-0.1, -0.05) is 6.92 Å². The van der Waals surface area contributed by atoms with Gasteiger partial charge in [0, 0.05) is 6.54 Å². The van der Waals surface area contributed by atoms with E-state index in [1.54, 1.807) is 6.92 Å². The summed E-state index contributed by atoms with van der Waals surface area (Å²) in [6.45, 7) is 1.60. The maximum atomic E-state index is 11.5. The van der Waals surface area contributed by atoms with Gasteiger partial charge in [0.1, 0.15) is 0 Å². The molecule has 0 radical (unpaired) electrons. The average molecular weight is 233 g/mol. The molecular weight excluding hydrogens is 222 g/mol. The first-order valence-electron chi connectivity index (χ1n) is 4.29. The molecule has 7 heteroatoms. The summed E-state index contributed by atoms with van der Waals surface area (Å²) in [5, 5.41) is 0. The van der Waals surface area contributed by atoms with Crippen LogP contribution in [-0.2, 0) is 10.3 Å². The van der Waals surface area contributed by atoms with E-state index in [1.807, 2.05) is 0 Å². The molecule has 0 aliphatic rings. The summed E-state index contributed by atoms with van der Waals surface area (Å²) < 4.78 is 35.7. The maximum absolute atomic E-state index is 11.5. The van der Waals surface area contributed by atoms with Crippen LogP contribution in [-0.4, -0.2) is 29.7 Å². The first-order valence-corrected chi connectivity index (χ1v) is 5.69. The van der Waals surface area contributed by atoms with E-state index in [0.29, 0.717) is 10.7 Å². The second-order valence-electron chi connectivity index (χ2n) is 2.83.